The van der Waals surface area contributed by atoms with Crippen LogP contribution in [0.15, 0.2) is 70.9 Å². The Balaban J connectivity index is 1.76. The van der Waals surface area contributed by atoms with Crippen molar-refractivity contribution in [2.45, 2.75) is 36.7 Å². The maximum atomic E-state index is 13.6. The summed E-state index contributed by atoms with van der Waals surface area (Å²) >= 11 is 1.04. The molecule has 0 aliphatic rings. The number of thiophene rings is 1. The lowest BCUT2D eigenvalue weighted by molar-refractivity contribution is -0.141. The van der Waals surface area contributed by atoms with E-state index >= 15 is 0 Å². The van der Waals surface area contributed by atoms with Gasteiger partial charge in [0.1, 0.15) is 15.7 Å². The number of alkyl halides is 3. The Labute approximate surface area is 209 Å². The molecule has 0 saturated carbocycles. The van der Waals surface area contributed by atoms with Crippen LogP contribution in [0, 0.1) is 5.82 Å². The summed E-state index contributed by atoms with van der Waals surface area (Å²) in [6.07, 6.45) is -4.72. The van der Waals surface area contributed by atoms with Crippen molar-refractivity contribution >= 4 is 21.4 Å². The van der Waals surface area contributed by atoms with Crippen LogP contribution in [0.1, 0.15) is 26.5 Å². The summed E-state index contributed by atoms with van der Waals surface area (Å²) < 4.78 is 82.2. The van der Waals surface area contributed by atoms with Crippen LogP contribution >= 0.6 is 11.3 Å². The zero-order valence-electron chi connectivity index (χ0n) is 19.4. The summed E-state index contributed by atoms with van der Waals surface area (Å²) in [6, 6.07) is 15.4. The molecule has 11 heteroatoms. The van der Waals surface area contributed by atoms with E-state index in [0.717, 1.165) is 29.5 Å². The van der Waals surface area contributed by atoms with E-state index in [1.165, 1.54) is 18.2 Å². The summed E-state index contributed by atoms with van der Waals surface area (Å²) in [5.74, 6) is -0.684. The molecule has 4 aromatic rings. The van der Waals surface area contributed by atoms with Crippen LogP contribution < -0.4 is 4.72 Å². The minimum atomic E-state index is -4.72. The number of nitrogens with one attached hydrogen (secondary N) is 1. The lowest BCUT2D eigenvalue weighted by Gasteiger charge is -2.19. The van der Waals surface area contributed by atoms with Crippen LogP contribution in [-0.2, 0) is 16.2 Å². The predicted molar refractivity (Wildman–Crippen MR) is 131 cm³/mol. The summed E-state index contributed by atoms with van der Waals surface area (Å²) in [5.41, 5.74) is -0.579. The average Bonchev–Trinajstić information content (AvgIpc) is 3.29. The van der Waals surface area contributed by atoms with Gasteiger partial charge in [-0.1, -0.05) is 18.2 Å². The second kappa shape index (κ2) is 9.38. The molecule has 0 aliphatic heterocycles. The smallest absolute Gasteiger partial charge is 0.228 e. The molecule has 5 nitrogen and oxygen atoms in total. The molecule has 0 aliphatic carbocycles. The van der Waals surface area contributed by atoms with Gasteiger partial charge in [-0.25, -0.2) is 27.5 Å². The first-order chi connectivity index (χ1) is 16.7. The number of rotatable bonds is 5. The first kappa shape index (κ1) is 25.9. The summed E-state index contributed by atoms with van der Waals surface area (Å²) in [5, 5.41) is 0. The van der Waals surface area contributed by atoms with E-state index in [4.69, 9.17) is 0 Å². The molecule has 0 bridgehead atoms. The summed E-state index contributed by atoms with van der Waals surface area (Å²) in [4.78, 5) is 8.63. The maximum Gasteiger partial charge on any atom is 0.433 e. The van der Waals surface area contributed by atoms with Gasteiger partial charge < -0.3 is 0 Å². The highest BCUT2D eigenvalue weighted by atomic mass is 32.2. The minimum absolute atomic E-state index is 0.00418. The Kier molecular flexibility index (Phi) is 6.76. The highest BCUT2D eigenvalue weighted by Crippen LogP contribution is 2.35. The van der Waals surface area contributed by atoms with Crippen LogP contribution in [-0.4, -0.2) is 23.9 Å². The number of benzene rings is 2. The Hall–Kier alpha value is -3.15. The molecule has 0 saturated heterocycles. The van der Waals surface area contributed by atoms with Gasteiger partial charge in [0, 0.05) is 21.5 Å². The maximum absolute atomic E-state index is 13.6. The van der Waals surface area contributed by atoms with Gasteiger partial charge in [0.15, 0.2) is 5.82 Å². The van der Waals surface area contributed by atoms with Gasteiger partial charge in [-0.3, -0.25) is 0 Å². The molecule has 188 valence electrons. The van der Waals surface area contributed by atoms with Gasteiger partial charge in [-0.15, -0.1) is 11.3 Å². The Morgan fingerprint density at radius 2 is 1.50 bits per heavy atom. The molecule has 0 amide bonds. The monoisotopic (exact) mass is 535 g/mol. The fourth-order valence-electron chi connectivity index (χ4n) is 3.37. The molecule has 2 aromatic carbocycles. The van der Waals surface area contributed by atoms with Crippen LogP contribution in [0.25, 0.3) is 33.1 Å². The Bertz CT molecular complexity index is 1510. The van der Waals surface area contributed by atoms with Gasteiger partial charge >= 0.3 is 6.18 Å². The molecule has 0 radical (unpaired) electrons. The number of halogens is 4. The molecule has 1 N–H and O–H groups in total. The third kappa shape index (κ3) is 5.97. The molecule has 0 fully saturated rings. The lowest BCUT2D eigenvalue weighted by atomic mass is 10.1. The number of nitrogens with zero attached hydrogens (tertiary/aromatic N) is 2. The van der Waals surface area contributed by atoms with Crippen LogP contribution in [0.3, 0.4) is 0 Å². The van der Waals surface area contributed by atoms with Crippen molar-refractivity contribution in [3.05, 3.63) is 78.2 Å². The average molecular weight is 536 g/mol. The largest absolute Gasteiger partial charge is 0.433 e. The van der Waals surface area contributed by atoms with E-state index in [9.17, 15) is 26.0 Å². The van der Waals surface area contributed by atoms with Crippen molar-refractivity contribution in [3.63, 3.8) is 0 Å². The topological polar surface area (TPSA) is 72.0 Å². The van der Waals surface area contributed by atoms with Crippen molar-refractivity contribution in [1.82, 2.24) is 14.7 Å². The van der Waals surface area contributed by atoms with E-state index in [2.05, 4.69) is 14.7 Å². The van der Waals surface area contributed by atoms with Crippen molar-refractivity contribution in [2.75, 3.05) is 0 Å². The molecule has 4 rings (SSSR count). The fraction of sp³-hybridized carbons (Fsp3) is 0.200. The van der Waals surface area contributed by atoms with E-state index in [1.807, 2.05) is 0 Å². The molecule has 2 aromatic heterocycles. The van der Waals surface area contributed by atoms with Gasteiger partial charge in [0.2, 0.25) is 0 Å². The quantitative estimate of drug-likeness (QED) is 0.286. The molecule has 0 unspecified atom stereocenters. The summed E-state index contributed by atoms with van der Waals surface area (Å²) in [6.45, 7) is 5.20. The predicted octanol–water partition coefficient (Wildman–Crippen LogP) is 6.77. The minimum Gasteiger partial charge on any atom is -0.228 e. The third-order valence-corrected chi connectivity index (χ3v) is 8.23. The van der Waals surface area contributed by atoms with Crippen molar-refractivity contribution in [1.29, 1.82) is 0 Å². The number of hydrogen-bond acceptors (Lipinski definition) is 5. The molecule has 2 heterocycles. The number of hydrogen-bond donors (Lipinski definition) is 1. The number of sulfonamides is 1. The number of aromatic nitrogens is 2. The fourth-order valence-corrected chi connectivity index (χ4v) is 6.10. The highest BCUT2D eigenvalue weighted by Gasteiger charge is 2.34. The van der Waals surface area contributed by atoms with Crippen molar-refractivity contribution in [2.24, 2.45) is 0 Å². The lowest BCUT2D eigenvalue weighted by Crippen LogP contribution is -2.40. The highest BCUT2D eigenvalue weighted by molar-refractivity contribution is 7.91. The van der Waals surface area contributed by atoms with Crippen LogP contribution in [0.5, 0.6) is 0 Å². The Morgan fingerprint density at radius 3 is 2.14 bits per heavy atom. The SMILES string of the molecule is CC(C)(C)NS(=O)(=O)c1ccc(-c2cccc(-c3nc(-c4ccc(F)cc4)cc(C(F)(F)F)n3)c2)s1. The summed E-state index contributed by atoms with van der Waals surface area (Å²) in [7, 11) is -3.74. The first-order valence-corrected chi connectivity index (χ1v) is 13.0. The third-order valence-electron chi connectivity index (χ3n) is 4.85. The van der Waals surface area contributed by atoms with Crippen molar-refractivity contribution in [3.8, 4) is 33.1 Å². The molecular formula is C25H21F4N3O2S2. The Morgan fingerprint density at radius 1 is 0.833 bits per heavy atom. The second-order valence-corrected chi connectivity index (χ2v) is 12.0. The standard InChI is InChI=1S/C25H21F4N3O2S2/c1-24(2,3)32-36(33,34)22-12-11-20(35-22)16-5-4-6-17(13-16)23-30-19(14-21(31-23)25(27,28)29)15-7-9-18(26)10-8-15/h4-14,32H,1-3H3. The molecule has 0 atom stereocenters. The van der Waals surface area contributed by atoms with E-state index in [1.54, 1.807) is 51.1 Å². The van der Waals surface area contributed by atoms with E-state index < -0.39 is 33.2 Å². The van der Waals surface area contributed by atoms with Gasteiger partial charge in [-0.05, 0) is 74.9 Å². The van der Waals surface area contributed by atoms with E-state index in [-0.39, 0.29) is 15.7 Å². The molecular weight excluding hydrogens is 514 g/mol. The van der Waals surface area contributed by atoms with Crippen LogP contribution in [0.4, 0.5) is 17.6 Å². The van der Waals surface area contributed by atoms with Gasteiger partial charge in [0.25, 0.3) is 10.0 Å². The van der Waals surface area contributed by atoms with Gasteiger partial charge in [0.05, 0.1) is 5.69 Å². The van der Waals surface area contributed by atoms with Crippen molar-refractivity contribution < 1.29 is 26.0 Å². The first-order valence-electron chi connectivity index (χ1n) is 10.7. The molecule has 36 heavy (non-hydrogen) atoms. The van der Waals surface area contributed by atoms with Gasteiger partial charge in [-0.2, -0.15) is 13.2 Å². The second-order valence-electron chi connectivity index (χ2n) is 9.02. The van der Waals surface area contributed by atoms with Crippen LogP contribution in [0.2, 0.25) is 0 Å². The zero-order chi connectivity index (χ0) is 26.3. The normalized spacial score (nSPS) is 12.6. The zero-order valence-corrected chi connectivity index (χ0v) is 21.0. The molecule has 0 spiro atoms. The van der Waals surface area contributed by atoms with E-state index in [0.29, 0.717) is 21.6 Å².